The van der Waals surface area contributed by atoms with Gasteiger partial charge < -0.3 is 15.3 Å². The lowest BCUT2D eigenvalue weighted by atomic mass is 9.89. The fraction of sp³-hybridized carbons (Fsp3) is 0.917. The van der Waals surface area contributed by atoms with Crippen LogP contribution in [0.3, 0.4) is 0 Å². The predicted molar refractivity (Wildman–Crippen MR) is 66.3 cm³/mol. The third-order valence-corrected chi connectivity index (χ3v) is 2.40. The summed E-state index contributed by atoms with van der Waals surface area (Å²) in [5.41, 5.74) is 0.116. The Morgan fingerprint density at radius 3 is 2.44 bits per heavy atom. The van der Waals surface area contributed by atoms with Crippen molar-refractivity contribution in [2.24, 2.45) is 5.41 Å². The number of aliphatic hydroxyl groups excluding tert-OH is 1. The van der Waals surface area contributed by atoms with Crippen LogP contribution in [0.2, 0.25) is 0 Å². The van der Waals surface area contributed by atoms with Crippen molar-refractivity contribution in [2.45, 2.75) is 40.2 Å². The lowest BCUT2D eigenvalue weighted by Crippen LogP contribution is -2.39. The van der Waals surface area contributed by atoms with Gasteiger partial charge in [-0.15, -0.1) is 0 Å². The van der Waals surface area contributed by atoms with E-state index in [0.717, 1.165) is 6.42 Å². The molecule has 0 bridgehead atoms. The Balaban J connectivity index is 3.70. The summed E-state index contributed by atoms with van der Waals surface area (Å²) >= 11 is 0. The Kier molecular flexibility index (Phi) is 6.60. The zero-order valence-electron chi connectivity index (χ0n) is 11.2. The van der Waals surface area contributed by atoms with Crippen LogP contribution in [-0.2, 0) is 4.79 Å². The smallest absolute Gasteiger partial charge is 0.236 e. The van der Waals surface area contributed by atoms with Gasteiger partial charge in [0.2, 0.25) is 5.91 Å². The molecule has 0 saturated carbocycles. The van der Waals surface area contributed by atoms with E-state index in [1.54, 1.807) is 11.9 Å². The van der Waals surface area contributed by atoms with Crippen LogP contribution in [0.15, 0.2) is 0 Å². The highest BCUT2D eigenvalue weighted by Gasteiger charge is 2.16. The van der Waals surface area contributed by atoms with Crippen LogP contribution in [0.1, 0.15) is 34.1 Å². The first-order chi connectivity index (χ1) is 7.26. The van der Waals surface area contributed by atoms with Gasteiger partial charge in [-0.1, -0.05) is 20.8 Å². The molecule has 0 fully saturated rings. The minimum Gasteiger partial charge on any atom is -0.392 e. The van der Waals surface area contributed by atoms with E-state index in [9.17, 15) is 9.90 Å². The highest BCUT2D eigenvalue weighted by atomic mass is 16.3. The van der Waals surface area contributed by atoms with Crippen LogP contribution < -0.4 is 5.32 Å². The largest absolute Gasteiger partial charge is 0.392 e. The predicted octanol–water partition coefficient (Wildman–Crippen LogP) is 0.851. The Morgan fingerprint density at radius 2 is 2.00 bits per heavy atom. The average molecular weight is 230 g/mol. The highest BCUT2D eigenvalue weighted by molar-refractivity contribution is 5.77. The molecule has 2 N–H and O–H groups in total. The number of carbonyl (C=O) groups excluding carboxylic acids is 1. The molecule has 0 saturated heterocycles. The van der Waals surface area contributed by atoms with Gasteiger partial charge in [0, 0.05) is 20.1 Å². The molecule has 0 rings (SSSR count). The lowest BCUT2D eigenvalue weighted by molar-refractivity contribution is -0.128. The van der Waals surface area contributed by atoms with Crippen molar-refractivity contribution in [1.29, 1.82) is 0 Å². The first-order valence-electron chi connectivity index (χ1n) is 5.89. The van der Waals surface area contributed by atoms with Crippen molar-refractivity contribution in [1.82, 2.24) is 10.2 Å². The maximum absolute atomic E-state index is 11.4. The summed E-state index contributed by atoms with van der Waals surface area (Å²) in [6.45, 7) is 9.69. The monoisotopic (exact) mass is 230 g/mol. The molecule has 0 aromatic carbocycles. The number of likely N-dealkylation sites (N-methyl/N-ethyl adjacent to an activating group) is 1. The number of rotatable bonds is 6. The molecule has 0 aromatic heterocycles. The van der Waals surface area contributed by atoms with E-state index >= 15 is 0 Å². The molecule has 1 unspecified atom stereocenters. The van der Waals surface area contributed by atoms with Gasteiger partial charge in [0.25, 0.3) is 0 Å². The molecule has 1 atom stereocenters. The molecule has 4 nitrogen and oxygen atoms in total. The third kappa shape index (κ3) is 7.65. The summed E-state index contributed by atoms with van der Waals surface area (Å²) in [4.78, 5) is 13.1. The molecule has 0 aliphatic rings. The van der Waals surface area contributed by atoms with Gasteiger partial charge >= 0.3 is 0 Å². The van der Waals surface area contributed by atoms with Crippen molar-refractivity contribution < 1.29 is 9.90 Å². The molecular weight excluding hydrogens is 204 g/mol. The molecule has 96 valence electrons. The number of amides is 1. The molecule has 1 amide bonds. The number of nitrogens with zero attached hydrogens (tertiary/aromatic N) is 1. The van der Waals surface area contributed by atoms with E-state index < -0.39 is 0 Å². The molecular formula is C12H26N2O2. The van der Waals surface area contributed by atoms with E-state index in [2.05, 4.69) is 26.1 Å². The van der Waals surface area contributed by atoms with Crippen molar-refractivity contribution >= 4 is 5.91 Å². The average Bonchev–Trinajstić information content (AvgIpc) is 2.13. The van der Waals surface area contributed by atoms with E-state index in [4.69, 9.17) is 0 Å². The second-order valence-electron chi connectivity index (χ2n) is 5.46. The standard InChI is InChI=1S/C12H26N2O2/c1-6-14(5)11(16)9-13-8-10(15)7-12(2,3)4/h10,13,15H,6-9H2,1-5H3. The quantitative estimate of drug-likeness (QED) is 0.711. The second kappa shape index (κ2) is 6.86. The van der Waals surface area contributed by atoms with Gasteiger partial charge in [-0.05, 0) is 18.8 Å². The van der Waals surface area contributed by atoms with E-state index in [0.29, 0.717) is 19.6 Å². The molecule has 0 radical (unpaired) electrons. The molecule has 0 aliphatic heterocycles. The van der Waals surface area contributed by atoms with Gasteiger partial charge in [-0.2, -0.15) is 0 Å². The van der Waals surface area contributed by atoms with Crippen molar-refractivity contribution in [2.75, 3.05) is 26.7 Å². The van der Waals surface area contributed by atoms with E-state index in [1.165, 1.54) is 0 Å². The Hall–Kier alpha value is -0.610. The molecule has 0 heterocycles. The van der Waals surface area contributed by atoms with Gasteiger partial charge in [0.1, 0.15) is 0 Å². The van der Waals surface area contributed by atoms with Crippen molar-refractivity contribution in [3.63, 3.8) is 0 Å². The first kappa shape index (κ1) is 15.4. The minimum absolute atomic E-state index is 0.0606. The molecule has 0 aliphatic carbocycles. The number of aliphatic hydroxyl groups is 1. The number of carbonyl (C=O) groups is 1. The number of hydrogen-bond acceptors (Lipinski definition) is 3. The van der Waals surface area contributed by atoms with Gasteiger partial charge in [-0.25, -0.2) is 0 Å². The van der Waals surface area contributed by atoms with E-state index in [-0.39, 0.29) is 17.4 Å². The number of nitrogens with one attached hydrogen (secondary N) is 1. The maximum Gasteiger partial charge on any atom is 0.236 e. The fourth-order valence-electron chi connectivity index (χ4n) is 1.44. The maximum atomic E-state index is 11.4. The normalized spacial score (nSPS) is 13.6. The lowest BCUT2D eigenvalue weighted by Gasteiger charge is -2.22. The Morgan fingerprint density at radius 1 is 1.44 bits per heavy atom. The Bertz CT molecular complexity index is 212. The molecule has 0 spiro atoms. The van der Waals surface area contributed by atoms with Crippen LogP contribution in [0.4, 0.5) is 0 Å². The van der Waals surface area contributed by atoms with Crippen LogP contribution in [-0.4, -0.2) is 48.7 Å². The summed E-state index contributed by atoms with van der Waals surface area (Å²) in [5.74, 6) is 0.0606. The molecule has 4 heteroatoms. The summed E-state index contributed by atoms with van der Waals surface area (Å²) < 4.78 is 0. The summed E-state index contributed by atoms with van der Waals surface area (Å²) in [7, 11) is 1.77. The van der Waals surface area contributed by atoms with Crippen molar-refractivity contribution in [3.8, 4) is 0 Å². The van der Waals surface area contributed by atoms with Crippen molar-refractivity contribution in [3.05, 3.63) is 0 Å². The highest BCUT2D eigenvalue weighted by Crippen LogP contribution is 2.20. The van der Waals surface area contributed by atoms with Crippen LogP contribution in [0.25, 0.3) is 0 Å². The first-order valence-corrected chi connectivity index (χ1v) is 5.89. The van der Waals surface area contributed by atoms with Crippen LogP contribution in [0.5, 0.6) is 0 Å². The Labute approximate surface area is 99.0 Å². The van der Waals surface area contributed by atoms with Gasteiger partial charge in [-0.3, -0.25) is 4.79 Å². The summed E-state index contributed by atoms with van der Waals surface area (Å²) in [6.07, 6.45) is 0.345. The second-order valence-corrected chi connectivity index (χ2v) is 5.46. The van der Waals surface area contributed by atoms with Gasteiger partial charge in [0.15, 0.2) is 0 Å². The van der Waals surface area contributed by atoms with Crippen LogP contribution in [0, 0.1) is 5.41 Å². The number of hydrogen-bond donors (Lipinski definition) is 2. The zero-order valence-corrected chi connectivity index (χ0v) is 11.2. The topological polar surface area (TPSA) is 52.6 Å². The molecule has 0 aromatic rings. The van der Waals surface area contributed by atoms with Gasteiger partial charge in [0.05, 0.1) is 12.6 Å². The van der Waals surface area contributed by atoms with E-state index in [1.807, 2.05) is 6.92 Å². The third-order valence-electron chi connectivity index (χ3n) is 2.40. The fourth-order valence-corrected chi connectivity index (χ4v) is 1.44. The SMILES string of the molecule is CCN(C)C(=O)CNCC(O)CC(C)(C)C. The minimum atomic E-state index is -0.389. The summed E-state index contributed by atoms with van der Waals surface area (Å²) in [5, 5.41) is 12.7. The zero-order chi connectivity index (χ0) is 12.8. The van der Waals surface area contributed by atoms with Crippen LogP contribution >= 0.6 is 0 Å². The summed E-state index contributed by atoms with van der Waals surface area (Å²) in [6, 6.07) is 0. The molecule has 16 heavy (non-hydrogen) atoms.